The van der Waals surface area contributed by atoms with Crippen molar-refractivity contribution in [1.29, 1.82) is 0 Å². The summed E-state index contributed by atoms with van der Waals surface area (Å²) in [5.74, 6) is -0.181. The standard InChI is InChI=1S/C20H22ClNO4/c1-5-17(26-18-9-6-12(2)10-13(18)3)19(23)22-16-11-14(20(24)25-4)7-8-15(16)21/h6-11,17H,5H2,1-4H3,(H,22,23)/t17-/m1/s1. The van der Waals surface area contributed by atoms with Crippen LogP contribution in [0, 0.1) is 13.8 Å². The molecule has 26 heavy (non-hydrogen) atoms. The fourth-order valence-electron chi connectivity index (χ4n) is 2.49. The SMILES string of the molecule is CC[C@@H](Oc1ccc(C)cc1C)C(=O)Nc1cc(C(=O)OC)ccc1Cl. The van der Waals surface area contributed by atoms with Crippen LogP contribution in [0.1, 0.15) is 34.8 Å². The second-order valence-electron chi connectivity index (χ2n) is 5.96. The van der Waals surface area contributed by atoms with Crippen molar-refractivity contribution in [3.05, 3.63) is 58.1 Å². The van der Waals surface area contributed by atoms with Crippen LogP contribution in [0.2, 0.25) is 5.02 Å². The Hall–Kier alpha value is -2.53. The van der Waals surface area contributed by atoms with E-state index < -0.39 is 12.1 Å². The third-order valence-electron chi connectivity index (χ3n) is 3.91. The van der Waals surface area contributed by atoms with E-state index in [1.807, 2.05) is 39.0 Å². The molecule has 2 aromatic rings. The Morgan fingerprint density at radius 2 is 1.88 bits per heavy atom. The molecule has 138 valence electrons. The van der Waals surface area contributed by atoms with Crippen molar-refractivity contribution >= 4 is 29.2 Å². The molecule has 0 unspecified atom stereocenters. The van der Waals surface area contributed by atoms with E-state index >= 15 is 0 Å². The zero-order valence-corrected chi connectivity index (χ0v) is 16.0. The molecule has 6 heteroatoms. The minimum absolute atomic E-state index is 0.301. The minimum atomic E-state index is -0.686. The van der Waals surface area contributed by atoms with Crippen molar-refractivity contribution in [2.45, 2.75) is 33.3 Å². The lowest BCUT2D eigenvalue weighted by atomic mass is 10.1. The van der Waals surface area contributed by atoms with Crippen molar-refractivity contribution < 1.29 is 19.1 Å². The fraction of sp³-hybridized carbons (Fsp3) is 0.300. The minimum Gasteiger partial charge on any atom is -0.480 e. The highest BCUT2D eigenvalue weighted by atomic mass is 35.5. The highest BCUT2D eigenvalue weighted by molar-refractivity contribution is 6.33. The maximum atomic E-state index is 12.6. The first-order chi connectivity index (χ1) is 12.3. The molecule has 0 heterocycles. The van der Waals surface area contributed by atoms with Gasteiger partial charge >= 0.3 is 5.97 Å². The van der Waals surface area contributed by atoms with E-state index in [1.54, 1.807) is 0 Å². The van der Waals surface area contributed by atoms with Gasteiger partial charge in [-0.3, -0.25) is 4.79 Å². The summed E-state index contributed by atoms with van der Waals surface area (Å²) in [6.07, 6.45) is -0.206. The van der Waals surface area contributed by atoms with Gasteiger partial charge in [-0.25, -0.2) is 4.79 Å². The van der Waals surface area contributed by atoms with Crippen molar-refractivity contribution in [2.75, 3.05) is 12.4 Å². The van der Waals surface area contributed by atoms with Crippen molar-refractivity contribution in [3.63, 3.8) is 0 Å². The number of benzene rings is 2. The number of esters is 1. The molecule has 0 aliphatic carbocycles. The van der Waals surface area contributed by atoms with Crippen molar-refractivity contribution in [3.8, 4) is 5.75 Å². The maximum Gasteiger partial charge on any atom is 0.337 e. The van der Waals surface area contributed by atoms with E-state index in [-0.39, 0.29) is 5.91 Å². The average Bonchev–Trinajstić information content (AvgIpc) is 2.62. The van der Waals surface area contributed by atoms with Gasteiger partial charge in [-0.05, 0) is 50.1 Å². The first-order valence-corrected chi connectivity index (χ1v) is 8.66. The monoisotopic (exact) mass is 375 g/mol. The maximum absolute atomic E-state index is 12.6. The average molecular weight is 376 g/mol. The van der Waals surface area contributed by atoms with E-state index in [2.05, 4.69) is 10.1 Å². The summed E-state index contributed by atoms with van der Waals surface area (Å²) in [7, 11) is 1.29. The van der Waals surface area contributed by atoms with Crippen LogP contribution in [-0.2, 0) is 9.53 Å². The van der Waals surface area contributed by atoms with E-state index in [0.717, 1.165) is 11.1 Å². The summed E-state index contributed by atoms with van der Waals surface area (Å²) >= 11 is 6.13. The first-order valence-electron chi connectivity index (χ1n) is 8.28. The van der Waals surface area contributed by atoms with Gasteiger partial charge in [0.2, 0.25) is 0 Å². The van der Waals surface area contributed by atoms with Gasteiger partial charge in [-0.1, -0.05) is 36.2 Å². The van der Waals surface area contributed by atoms with Gasteiger partial charge < -0.3 is 14.8 Å². The van der Waals surface area contributed by atoms with E-state index in [0.29, 0.717) is 28.4 Å². The lowest BCUT2D eigenvalue weighted by Gasteiger charge is -2.19. The molecule has 2 rings (SSSR count). The summed E-state index contributed by atoms with van der Waals surface area (Å²) in [6.45, 7) is 5.79. The molecule has 0 aliphatic heterocycles. The number of ether oxygens (including phenoxy) is 2. The van der Waals surface area contributed by atoms with Crippen LogP contribution >= 0.6 is 11.6 Å². The van der Waals surface area contributed by atoms with Crippen LogP contribution in [0.25, 0.3) is 0 Å². The summed E-state index contributed by atoms with van der Waals surface area (Å²) in [6, 6.07) is 10.3. The molecule has 0 radical (unpaired) electrons. The third kappa shape index (κ3) is 4.76. The second kappa shape index (κ2) is 8.72. The molecule has 0 spiro atoms. The molecule has 0 bridgehead atoms. The molecule has 5 nitrogen and oxygen atoms in total. The van der Waals surface area contributed by atoms with Gasteiger partial charge in [-0.15, -0.1) is 0 Å². The van der Waals surface area contributed by atoms with Gasteiger partial charge in [0.05, 0.1) is 23.4 Å². The lowest BCUT2D eigenvalue weighted by molar-refractivity contribution is -0.122. The molecule has 1 atom stereocenters. The Morgan fingerprint density at radius 3 is 2.50 bits per heavy atom. The summed E-state index contributed by atoms with van der Waals surface area (Å²) < 4.78 is 10.6. The highest BCUT2D eigenvalue weighted by Crippen LogP contribution is 2.25. The zero-order chi connectivity index (χ0) is 19.3. The molecular weight excluding hydrogens is 354 g/mol. The highest BCUT2D eigenvalue weighted by Gasteiger charge is 2.21. The molecule has 0 aliphatic rings. The first kappa shape index (κ1) is 19.8. The van der Waals surface area contributed by atoms with Crippen LogP contribution in [0.5, 0.6) is 5.75 Å². The Bertz CT molecular complexity index is 819. The van der Waals surface area contributed by atoms with E-state index in [9.17, 15) is 9.59 Å². The zero-order valence-electron chi connectivity index (χ0n) is 15.3. The van der Waals surface area contributed by atoms with E-state index in [4.69, 9.17) is 16.3 Å². The number of nitrogens with one attached hydrogen (secondary N) is 1. The number of amides is 1. The van der Waals surface area contributed by atoms with Crippen molar-refractivity contribution in [2.24, 2.45) is 0 Å². The number of anilines is 1. The van der Waals surface area contributed by atoms with E-state index in [1.165, 1.54) is 25.3 Å². The number of methoxy groups -OCH3 is 1. The molecule has 1 N–H and O–H groups in total. The fourth-order valence-corrected chi connectivity index (χ4v) is 2.65. The Morgan fingerprint density at radius 1 is 1.15 bits per heavy atom. The van der Waals surface area contributed by atoms with Crippen LogP contribution in [0.15, 0.2) is 36.4 Å². The molecule has 0 saturated heterocycles. The molecule has 2 aromatic carbocycles. The van der Waals surface area contributed by atoms with Crippen LogP contribution < -0.4 is 10.1 Å². The van der Waals surface area contributed by atoms with Gasteiger partial charge in [0, 0.05) is 0 Å². The van der Waals surface area contributed by atoms with Gasteiger partial charge in [0.15, 0.2) is 6.10 Å². The topological polar surface area (TPSA) is 64.6 Å². The number of hydrogen-bond acceptors (Lipinski definition) is 4. The van der Waals surface area contributed by atoms with Crippen LogP contribution in [-0.4, -0.2) is 25.1 Å². The number of carbonyl (C=O) groups excluding carboxylic acids is 2. The number of aryl methyl sites for hydroxylation is 2. The number of halogens is 1. The Labute approximate surface area is 158 Å². The predicted octanol–water partition coefficient (Wildman–Crippen LogP) is 4.54. The molecule has 0 fully saturated rings. The molecule has 0 aromatic heterocycles. The lowest BCUT2D eigenvalue weighted by Crippen LogP contribution is -2.32. The molecule has 1 amide bonds. The quantitative estimate of drug-likeness (QED) is 0.753. The largest absolute Gasteiger partial charge is 0.480 e. The van der Waals surface area contributed by atoms with Gasteiger partial charge in [0.25, 0.3) is 5.91 Å². The van der Waals surface area contributed by atoms with Crippen LogP contribution in [0.4, 0.5) is 5.69 Å². The second-order valence-corrected chi connectivity index (χ2v) is 6.37. The normalized spacial score (nSPS) is 11.6. The smallest absolute Gasteiger partial charge is 0.337 e. The number of hydrogen-bond donors (Lipinski definition) is 1. The molecule has 0 saturated carbocycles. The third-order valence-corrected chi connectivity index (χ3v) is 4.24. The van der Waals surface area contributed by atoms with Gasteiger partial charge in [0.1, 0.15) is 5.75 Å². The Balaban J connectivity index is 2.17. The number of carbonyl (C=O) groups is 2. The Kier molecular flexibility index (Phi) is 6.64. The summed E-state index contributed by atoms with van der Waals surface area (Å²) in [5, 5.41) is 3.05. The van der Waals surface area contributed by atoms with Crippen LogP contribution in [0.3, 0.4) is 0 Å². The van der Waals surface area contributed by atoms with Gasteiger partial charge in [-0.2, -0.15) is 0 Å². The molecular formula is C20H22ClNO4. The van der Waals surface area contributed by atoms with Crippen molar-refractivity contribution in [1.82, 2.24) is 0 Å². The summed E-state index contributed by atoms with van der Waals surface area (Å²) in [4.78, 5) is 24.3. The number of rotatable bonds is 6. The summed E-state index contributed by atoms with van der Waals surface area (Å²) in [5.41, 5.74) is 2.72. The predicted molar refractivity (Wildman–Crippen MR) is 102 cm³/mol.